The molecule has 1 atom stereocenters. The summed E-state index contributed by atoms with van der Waals surface area (Å²) in [6.07, 6.45) is 0. The number of amides is 1. The number of nitrogens with zero attached hydrogens (tertiary/aromatic N) is 2. The number of carbonyl (C=O) groups excluding carboxylic acids is 2. The highest BCUT2D eigenvalue weighted by atomic mass is 16.3. The fourth-order valence-corrected chi connectivity index (χ4v) is 3.71. The number of aliphatic hydroxyl groups excluding tert-OH is 1. The van der Waals surface area contributed by atoms with E-state index in [0.29, 0.717) is 11.3 Å². The van der Waals surface area contributed by atoms with E-state index in [2.05, 4.69) is 0 Å². The molecule has 0 radical (unpaired) electrons. The lowest BCUT2D eigenvalue weighted by Crippen LogP contribution is -2.29. The monoisotopic (exact) mass is 398 g/mol. The van der Waals surface area contributed by atoms with Gasteiger partial charge in [-0.2, -0.15) is 0 Å². The fraction of sp³-hybridized carbons (Fsp3) is 0.120. The predicted octanol–water partition coefficient (Wildman–Crippen LogP) is 4.38. The average molecular weight is 398 g/mol. The van der Waals surface area contributed by atoms with Crippen LogP contribution >= 0.6 is 0 Å². The molecule has 1 unspecified atom stereocenters. The van der Waals surface area contributed by atoms with Crippen LogP contribution in [-0.4, -0.2) is 30.9 Å². The molecule has 1 aliphatic rings. The molecule has 3 aromatic rings. The van der Waals surface area contributed by atoms with Gasteiger partial charge in [0.05, 0.1) is 11.6 Å². The molecular weight excluding hydrogens is 376 g/mol. The first-order valence-electron chi connectivity index (χ1n) is 9.68. The number of aliphatic hydroxyl groups is 1. The minimum absolute atomic E-state index is 0.0904. The number of anilines is 2. The third-order valence-electron chi connectivity index (χ3n) is 5.25. The van der Waals surface area contributed by atoms with Crippen molar-refractivity contribution in [3.8, 4) is 0 Å². The van der Waals surface area contributed by atoms with Crippen LogP contribution in [0.15, 0.2) is 90.5 Å². The first-order chi connectivity index (χ1) is 14.5. The Morgan fingerprint density at radius 1 is 0.833 bits per heavy atom. The Morgan fingerprint density at radius 2 is 1.40 bits per heavy atom. The van der Waals surface area contributed by atoms with Gasteiger partial charge in [0.1, 0.15) is 5.76 Å². The molecule has 5 nitrogen and oxygen atoms in total. The Labute approximate surface area is 175 Å². The lowest BCUT2D eigenvalue weighted by molar-refractivity contribution is -0.132. The number of Topliss-reactive ketones (excluding diaryl/α,β-unsaturated/α-hetero) is 1. The number of hydrogen-bond donors (Lipinski definition) is 1. The van der Waals surface area contributed by atoms with Gasteiger partial charge in [-0.05, 0) is 29.8 Å². The van der Waals surface area contributed by atoms with Crippen molar-refractivity contribution in [2.75, 3.05) is 23.9 Å². The van der Waals surface area contributed by atoms with Crippen molar-refractivity contribution in [3.05, 3.63) is 102 Å². The largest absolute Gasteiger partial charge is 0.507 e. The highest BCUT2D eigenvalue weighted by Crippen LogP contribution is 2.42. The summed E-state index contributed by atoms with van der Waals surface area (Å²) in [4.78, 5) is 29.5. The molecule has 0 aliphatic carbocycles. The van der Waals surface area contributed by atoms with Crippen LogP contribution in [0.25, 0.3) is 5.76 Å². The fourth-order valence-electron chi connectivity index (χ4n) is 3.71. The molecule has 1 heterocycles. The second-order valence-electron chi connectivity index (χ2n) is 7.36. The quantitative estimate of drug-likeness (QED) is 0.403. The molecule has 1 amide bonds. The van der Waals surface area contributed by atoms with Crippen molar-refractivity contribution in [1.29, 1.82) is 0 Å². The number of ketones is 1. The average Bonchev–Trinajstić information content (AvgIpc) is 3.05. The van der Waals surface area contributed by atoms with Crippen LogP contribution in [0.1, 0.15) is 17.2 Å². The zero-order valence-electron chi connectivity index (χ0n) is 16.8. The lowest BCUT2D eigenvalue weighted by Gasteiger charge is -2.26. The summed E-state index contributed by atoms with van der Waals surface area (Å²) in [5.41, 5.74) is 2.94. The van der Waals surface area contributed by atoms with Crippen molar-refractivity contribution in [2.24, 2.45) is 0 Å². The Kier molecular flexibility index (Phi) is 5.11. The molecule has 3 aromatic carbocycles. The Balaban J connectivity index is 1.92. The molecule has 0 bridgehead atoms. The number of carbonyl (C=O) groups is 2. The van der Waals surface area contributed by atoms with Crippen LogP contribution < -0.4 is 9.80 Å². The Hall–Kier alpha value is -3.86. The van der Waals surface area contributed by atoms with Crippen LogP contribution in [0.3, 0.4) is 0 Å². The van der Waals surface area contributed by atoms with E-state index < -0.39 is 17.7 Å². The van der Waals surface area contributed by atoms with Crippen molar-refractivity contribution in [3.63, 3.8) is 0 Å². The number of hydrogen-bond acceptors (Lipinski definition) is 4. The zero-order chi connectivity index (χ0) is 21.3. The van der Waals surface area contributed by atoms with Crippen molar-refractivity contribution < 1.29 is 14.7 Å². The summed E-state index contributed by atoms with van der Waals surface area (Å²) < 4.78 is 0. The summed E-state index contributed by atoms with van der Waals surface area (Å²) in [7, 11) is 3.89. The first kappa shape index (κ1) is 19.5. The maximum absolute atomic E-state index is 13.0. The summed E-state index contributed by atoms with van der Waals surface area (Å²) in [6, 6.07) is 24.8. The van der Waals surface area contributed by atoms with E-state index in [1.54, 1.807) is 36.4 Å². The van der Waals surface area contributed by atoms with Gasteiger partial charge in [-0.25, -0.2) is 0 Å². The van der Waals surface area contributed by atoms with Gasteiger partial charge in [-0.1, -0.05) is 60.7 Å². The molecule has 0 aromatic heterocycles. The minimum atomic E-state index is -0.719. The van der Waals surface area contributed by atoms with Gasteiger partial charge in [0, 0.05) is 31.0 Å². The molecule has 30 heavy (non-hydrogen) atoms. The Morgan fingerprint density at radius 3 is 1.97 bits per heavy atom. The molecule has 1 aliphatic heterocycles. The van der Waals surface area contributed by atoms with Crippen molar-refractivity contribution >= 4 is 28.8 Å². The standard InChI is InChI=1S/C25H22N2O3/c1-26(2)19-15-13-17(14-16-19)22-21(23(28)18-9-5-3-6-10-18)24(29)25(30)27(22)20-11-7-4-8-12-20/h3-16,22,28H,1-2H3. The predicted molar refractivity (Wildman–Crippen MR) is 118 cm³/mol. The summed E-state index contributed by atoms with van der Waals surface area (Å²) >= 11 is 0. The molecule has 150 valence electrons. The first-order valence-corrected chi connectivity index (χ1v) is 9.68. The molecule has 5 heteroatoms. The van der Waals surface area contributed by atoms with E-state index >= 15 is 0 Å². The maximum Gasteiger partial charge on any atom is 0.300 e. The minimum Gasteiger partial charge on any atom is -0.507 e. The van der Waals surface area contributed by atoms with Gasteiger partial charge in [-0.15, -0.1) is 0 Å². The van der Waals surface area contributed by atoms with Gasteiger partial charge in [0.15, 0.2) is 0 Å². The van der Waals surface area contributed by atoms with Crippen LogP contribution in [0.5, 0.6) is 0 Å². The lowest BCUT2D eigenvalue weighted by atomic mass is 9.95. The van der Waals surface area contributed by atoms with Crippen LogP contribution in [0, 0.1) is 0 Å². The van der Waals surface area contributed by atoms with E-state index in [0.717, 1.165) is 11.3 Å². The van der Waals surface area contributed by atoms with E-state index in [9.17, 15) is 14.7 Å². The van der Waals surface area contributed by atoms with Crippen molar-refractivity contribution in [2.45, 2.75) is 6.04 Å². The third kappa shape index (κ3) is 3.35. The van der Waals surface area contributed by atoms with E-state index in [-0.39, 0.29) is 11.3 Å². The van der Waals surface area contributed by atoms with Gasteiger partial charge < -0.3 is 10.0 Å². The Bertz CT molecular complexity index is 1100. The van der Waals surface area contributed by atoms with Gasteiger partial charge in [0.2, 0.25) is 0 Å². The molecule has 4 rings (SSSR count). The molecule has 0 spiro atoms. The molecule has 1 N–H and O–H groups in total. The molecule has 1 saturated heterocycles. The normalized spacial score (nSPS) is 17.9. The molecule has 0 saturated carbocycles. The third-order valence-corrected chi connectivity index (χ3v) is 5.25. The van der Waals surface area contributed by atoms with E-state index in [1.807, 2.05) is 67.5 Å². The number of benzene rings is 3. The van der Waals surface area contributed by atoms with Crippen LogP contribution in [0.4, 0.5) is 11.4 Å². The molecular formula is C25H22N2O3. The highest BCUT2D eigenvalue weighted by Gasteiger charge is 2.46. The smallest absolute Gasteiger partial charge is 0.300 e. The number of rotatable bonds is 4. The maximum atomic E-state index is 13.0. The second-order valence-corrected chi connectivity index (χ2v) is 7.36. The summed E-state index contributed by atoms with van der Waals surface area (Å²) in [5.74, 6) is -1.52. The topological polar surface area (TPSA) is 60.9 Å². The highest BCUT2D eigenvalue weighted by molar-refractivity contribution is 6.51. The van der Waals surface area contributed by atoms with Gasteiger partial charge in [0.25, 0.3) is 11.7 Å². The second kappa shape index (κ2) is 7.87. The summed E-state index contributed by atoms with van der Waals surface area (Å²) in [5, 5.41) is 11.0. The van der Waals surface area contributed by atoms with Gasteiger partial charge in [-0.3, -0.25) is 14.5 Å². The molecule has 1 fully saturated rings. The van der Waals surface area contributed by atoms with E-state index in [1.165, 1.54) is 4.90 Å². The van der Waals surface area contributed by atoms with Crippen LogP contribution in [0.2, 0.25) is 0 Å². The van der Waals surface area contributed by atoms with E-state index in [4.69, 9.17) is 0 Å². The zero-order valence-corrected chi connectivity index (χ0v) is 16.8. The van der Waals surface area contributed by atoms with Crippen LogP contribution in [-0.2, 0) is 9.59 Å². The SMILES string of the molecule is CN(C)c1ccc(C2C(=C(O)c3ccccc3)C(=O)C(=O)N2c2ccccc2)cc1. The van der Waals surface area contributed by atoms with Crippen molar-refractivity contribution in [1.82, 2.24) is 0 Å². The summed E-state index contributed by atoms with van der Waals surface area (Å²) in [6.45, 7) is 0. The van der Waals surface area contributed by atoms with Gasteiger partial charge >= 0.3 is 0 Å². The number of para-hydroxylation sites is 1.